The van der Waals surface area contributed by atoms with Crippen molar-refractivity contribution >= 4 is 5.95 Å². The van der Waals surface area contributed by atoms with Crippen LogP contribution in [0.4, 0.5) is 10.3 Å². The number of rotatable bonds is 4. The summed E-state index contributed by atoms with van der Waals surface area (Å²) in [7, 11) is 2.01. The number of aryl methyl sites for hydroxylation is 1. The number of nitrogens with zero attached hydrogens (tertiary/aromatic N) is 5. The van der Waals surface area contributed by atoms with Crippen LogP contribution >= 0.6 is 0 Å². The summed E-state index contributed by atoms with van der Waals surface area (Å²) in [6.07, 6.45) is 3.79. The molecule has 1 aromatic carbocycles. The van der Waals surface area contributed by atoms with E-state index in [1.807, 2.05) is 30.1 Å². The molecule has 3 aromatic rings. The first-order valence-electron chi connectivity index (χ1n) is 8.35. The van der Waals surface area contributed by atoms with Crippen molar-refractivity contribution in [3.05, 3.63) is 54.2 Å². The molecule has 1 aliphatic rings. The Kier molecular flexibility index (Phi) is 4.23. The zero-order chi connectivity index (χ0) is 17.2. The molecule has 0 unspecified atom stereocenters. The van der Waals surface area contributed by atoms with Crippen LogP contribution in [0.2, 0.25) is 0 Å². The number of imidazole rings is 1. The van der Waals surface area contributed by atoms with Crippen molar-refractivity contribution in [2.24, 2.45) is 7.05 Å². The molecular formula is C18H20FN5O. The van der Waals surface area contributed by atoms with E-state index in [1.165, 1.54) is 12.1 Å². The molecule has 130 valence electrons. The van der Waals surface area contributed by atoms with E-state index in [0.29, 0.717) is 5.76 Å². The Morgan fingerprint density at radius 1 is 1.12 bits per heavy atom. The van der Waals surface area contributed by atoms with E-state index in [2.05, 4.69) is 19.9 Å². The van der Waals surface area contributed by atoms with Crippen LogP contribution in [0.5, 0.6) is 0 Å². The van der Waals surface area contributed by atoms with Crippen LogP contribution in [0, 0.1) is 5.82 Å². The smallest absolute Gasteiger partial charge is 0.205 e. The minimum atomic E-state index is -0.255. The first-order valence-corrected chi connectivity index (χ1v) is 8.35. The Bertz CT molecular complexity index is 833. The van der Waals surface area contributed by atoms with E-state index in [4.69, 9.17) is 4.52 Å². The minimum absolute atomic E-state index is 0.255. The van der Waals surface area contributed by atoms with E-state index in [9.17, 15) is 4.39 Å². The first-order chi connectivity index (χ1) is 12.2. The van der Waals surface area contributed by atoms with Gasteiger partial charge in [0.25, 0.3) is 0 Å². The van der Waals surface area contributed by atoms with Gasteiger partial charge < -0.3 is 14.0 Å². The average Bonchev–Trinajstić information content (AvgIpc) is 3.26. The summed E-state index contributed by atoms with van der Waals surface area (Å²) in [4.78, 5) is 9.06. The molecule has 6 nitrogen and oxygen atoms in total. The lowest BCUT2D eigenvalue weighted by atomic mass is 10.1. The molecule has 1 saturated heterocycles. The lowest BCUT2D eigenvalue weighted by Gasteiger charge is -2.34. The molecule has 0 amide bonds. The molecule has 2 aromatic heterocycles. The number of anilines is 1. The molecule has 25 heavy (non-hydrogen) atoms. The largest absolute Gasteiger partial charge is 0.356 e. The molecule has 0 atom stereocenters. The number of aromatic nitrogens is 3. The number of hydrogen-bond acceptors (Lipinski definition) is 5. The van der Waals surface area contributed by atoms with Gasteiger partial charge in [0, 0.05) is 63.8 Å². The van der Waals surface area contributed by atoms with Gasteiger partial charge in [-0.2, -0.15) is 0 Å². The Balaban J connectivity index is 1.36. The second-order valence-corrected chi connectivity index (χ2v) is 6.29. The molecule has 0 saturated carbocycles. The molecule has 1 fully saturated rings. The van der Waals surface area contributed by atoms with Gasteiger partial charge >= 0.3 is 0 Å². The van der Waals surface area contributed by atoms with Gasteiger partial charge in [0.2, 0.25) is 5.95 Å². The first kappa shape index (κ1) is 15.8. The van der Waals surface area contributed by atoms with E-state index in [-0.39, 0.29) is 5.82 Å². The summed E-state index contributed by atoms with van der Waals surface area (Å²) in [5.74, 6) is 1.43. The van der Waals surface area contributed by atoms with Crippen molar-refractivity contribution in [3.63, 3.8) is 0 Å². The second kappa shape index (κ2) is 6.68. The summed E-state index contributed by atoms with van der Waals surface area (Å²) in [5, 5.41) is 4.15. The van der Waals surface area contributed by atoms with Crippen molar-refractivity contribution in [2.75, 3.05) is 31.1 Å². The number of benzene rings is 1. The van der Waals surface area contributed by atoms with Crippen molar-refractivity contribution in [1.82, 2.24) is 19.6 Å². The van der Waals surface area contributed by atoms with Gasteiger partial charge in [-0.3, -0.25) is 4.90 Å². The Morgan fingerprint density at radius 3 is 2.56 bits per heavy atom. The summed E-state index contributed by atoms with van der Waals surface area (Å²) in [6, 6.07) is 8.18. The normalized spacial score (nSPS) is 15.7. The molecular weight excluding hydrogens is 321 g/mol. The highest BCUT2D eigenvalue weighted by atomic mass is 19.1. The van der Waals surface area contributed by atoms with Crippen molar-refractivity contribution in [2.45, 2.75) is 6.54 Å². The lowest BCUT2D eigenvalue weighted by Crippen LogP contribution is -2.46. The van der Waals surface area contributed by atoms with Crippen molar-refractivity contribution < 1.29 is 8.91 Å². The maximum absolute atomic E-state index is 13.0. The fraction of sp³-hybridized carbons (Fsp3) is 0.333. The van der Waals surface area contributed by atoms with Crippen LogP contribution < -0.4 is 4.90 Å². The molecule has 7 heteroatoms. The fourth-order valence-electron chi connectivity index (χ4n) is 3.13. The molecule has 0 aliphatic carbocycles. The Labute approximate surface area is 145 Å². The Hall–Kier alpha value is -2.67. The summed E-state index contributed by atoms with van der Waals surface area (Å²) in [6.45, 7) is 4.53. The number of piperazine rings is 1. The monoisotopic (exact) mass is 341 g/mol. The van der Waals surface area contributed by atoms with Crippen LogP contribution in [0.25, 0.3) is 11.3 Å². The third-order valence-electron chi connectivity index (χ3n) is 4.52. The molecule has 0 N–H and O–H groups in total. The van der Waals surface area contributed by atoms with E-state index in [1.54, 1.807) is 12.1 Å². The van der Waals surface area contributed by atoms with Gasteiger partial charge in [-0.05, 0) is 24.3 Å². The van der Waals surface area contributed by atoms with Gasteiger partial charge in [0.1, 0.15) is 5.82 Å². The molecule has 0 bridgehead atoms. The molecule has 3 heterocycles. The fourth-order valence-corrected chi connectivity index (χ4v) is 3.13. The Morgan fingerprint density at radius 2 is 1.88 bits per heavy atom. The van der Waals surface area contributed by atoms with Gasteiger partial charge in [0.05, 0.1) is 5.69 Å². The van der Waals surface area contributed by atoms with Crippen LogP contribution in [0.3, 0.4) is 0 Å². The highest BCUT2D eigenvalue weighted by Gasteiger charge is 2.20. The second-order valence-electron chi connectivity index (χ2n) is 6.29. The van der Waals surface area contributed by atoms with E-state index >= 15 is 0 Å². The van der Waals surface area contributed by atoms with Gasteiger partial charge in [-0.1, -0.05) is 5.16 Å². The van der Waals surface area contributed by atoms with Crippen LogP contribution in [-0.2, 0) is 13.6 Å². The lowest BCUT2D eigenvalue weighted by molar-refractivity contribution is 0.241. The van der Waals surface area contributed by atoms with Crippen LogP contribution in [0.1, 0.15) is 5.69 Å². The summed E-state index contributed by atoms with van der Waals surface area (Å²) in [5.41, 5.74) is 1.73. The maximum Gasteiger partial charge on any atom is 0.205 e. The highest BCUT2D eigenvalue weighted by molar-refractivity contribution is 5.57. The van der Waals surface area contributed by atoms with E-state index in [0.717, 1.165) is 49.9 Å². The SMILES string of the molecule is Cn1ccnc1N1CCN(Cc2cc(-c3ccc(F)cc3)on2)CC1. The topological polar surface area (TPSA) is 50.3 Å². The molecule has 0 radical (unpaired) electrons. The van der Waals surface area contributed by atoms with Crippen molar-refractivity contribution in [1.29, 1.82) is 0 Å². The third kappa shape index (κ3) is 3.41. The quantitative estimate of drug-likeness (QED) is 0.730. The number of hydrogen-bond donors (Lipinski definition) is 0. The van der Waals surface area contributed by atoms with Crippen LogP contribution in [0.15, 0.2) is 47.2 Å². The zero-order valence-electron chi connectivity index (χ0n) is 14.1. The highest BCUT2D eigenvalue weighted by Crippen LogP contribution is 2.22. The summed E-state index contributed by atoms with van der Waals surface area (Å²) < 4.78 is 20.5. The average molecular weight is 341 g/mol. The molecule has 1 aliphatic heterocycles. The van der Waals surface area contributed by atoms with Crippen LogP contribution in [-0.4, -0.2) is 45.8 Å². The zero-order valence-corrected chi connectivity index (χ0v) is 14.1. The summed E-state index contributed by atoms with van der Waals surface area (Å²) >= 11 is 0. The predicted molar refractivity (Wildman–Crippen MR) is 92.6 cm³/mol. The van der Waals surface area contributed by atoms with Gasteiger partial charge in [-0.15, -0.1) is 0 Å². The maximum atomic E-state index is 13.0. The predicted octanol–water partition coefficient (Wildman–Crippen LogP) is 2.54. The molecule has 0 spiro atoms. The van der Waals surface area contributed by atoms with Gasteiger partial charge in [0.15, 0.2) is 5.76 Å². The molecule has 4 rings (SSSR count). The van der Waals surface area contributed by atoms with Gasteiger partial charge in [-0.25, -0.2) is 9.37 Å². The van der Waals surface area contributed by atoms with Crippen molar-refractivity contribution in [3.8, 4) is 11.3 Å². The number of halogens is 1. The third-order valence-corrected chi connectivity index (χ3v) is 4.52. The minimum Gasteiger partial charge on any atom is -0.356 e. The standard InChI is InChI=1S/C18H20FN5O/c1-22-7-6-20-18(22)24-10-8-23(9-11-24)13-16-12-17(25-21-16)14-2-4-15(19)5-3-14/h2-7,12H,8-11,13H2,1H3. The van der Waals surface area contributed by atoms with E-state index < -0.39 is 0 Å².